The van der Waals surface area contributed by atoms with Crippen LogP contribution in [-0.2, 0) is 94.4 Å². The quantitative estimate of drug-likeness (QED) is 0.0298. The SMILES string of the molecule is O=P([O-])(OO)OS(=O)(=O)O.O=P([O-])(OO)OS(=O)(=O)O.O=P([O-])(OO)OS(=O)(=O)O.O=P([O-])(OO)OS(=O)(=O)O.[Al+3].[Na+]. The summed E-state index contributed by atoms with van der Waals surface area (Å²) in [6.45, 7) is 0. The molecule has 0 fully saturated rings. The topological polar surface area (TPSA) is 533 Å². The van der Waals surface area contributed by atoms with Crippen LogP contribution in [0.15, 0.2) is 0 Å². The van der Waals surface area contributed by atoms with Crippen molar-refractivity contribution in [1.29, 1.82) is 0 Å². The first-order valence-corrected chi connectivity index (χ1v) is 17.7. The van der Waals surface area contributed by atoms with E-state index in [-0.39, 0.29) is 46.9 Å². The third kappa shape index (κ3) is 48.4. The van der Waals surface area contributed by atoms with E-state index >= 15 is 0 Å². The first kappa shape index (κ1) is 55.8. The Labute approximate surface area is 263 Å². The maximum Gasteiger partial charge on any atom is 3.00 e. The first-order chi connectivity index (χ1) is 17.1. The fourth-order valence-corrected chi connectivity index (χ4v) is 4.64. The van der Waals surface area contributed by atoms with Gasteiger partial charge in [0.15, 0.2) is 0 Å². The number of hydrogen-bond donors (Lipinski definition) is 8. The van der Waals surface area contributed by atoms with Gasteiger partial charge in [-0.25, -0.2) is 21.0 Å². The summed E-state index contributed by atoms with van der Waals surface area (Å²) in [7, 11) is -41.9. The zero-order valence-electron chi connectivity index (χ0n) is 18.4. The van der Waals surface area contributed by atoms with E-state index in [1.165, 1.54) is 0 Å². The molecule has 0 aromatic carbocycles. The van der Waals surface area contributed by atoms with Crippen LogP contribution >= 0.6 is 31.3 Å². The van der Waals surface area contributed by atoms with Crippen LogP contribution in [-0.4, -0.2) is 90.3 Å². The van der Waals surface area contributed by atoms with Crippen LogP contribution < -0.4 is 49.1 Å². The van der Waals surface area contributed by atoms with Crippen LogP contribution in [0.5, 0.6) is 0 Å². The Hall–Kier alpha value is 1.45. The van der Waals surface area contributed by atoms with Gasteiger partial charge < -0.3 is 19.6 Å². The van der Waals surface area contributed by atoms with Crippen LogP contribution in [0, 0.1) is 0 Å². The monoisotopic (exact) mass is 822 g/mol. The van der Waals surface area contributed by atoms with Crippen LogP contribution in [0.1, 0.15) is 0 Å². The standard InChI is InChI=1S/Al.Na.4H3O8PS/c;;4*1-7-9(2,3)8-10(4,5)6/h;;4*1H,(H,2,3)(H,4,5,6)/q+3;+1;;;;/p-4. The van der Waals surface area contributed by atoms with Crippen molar-refractivity contribution in [2.45, 2.75) is 0 Å². The van der Waals surface area contributed by atoms with Crippen LogP contribution in [0.2, 0.25) is 0 Å². The van der Waals surface area contributed by atoms with Gasteiger partial charge in [-0.15, -0.1) is 0 Å². The molecule has 0 radical (unpaired) electrons. The summed E-state index contributed by atoms with van der Waals surface area (Å²) in [5.74, 6) is 0. The molecule has 0 rings (SSSR count). The van der Waals surface area contributed by atoms with E-state index in [9.17, 15) is 71.5 Å². The molecule has 0 aliphatic heterocycles. The first-order valence-electron chi connectivity index (χ1n) is 6.38. The molecule has 42 heteroatoms. The van der Waals surface area contributed by atoms with Crippen LogP contribution in [0.3, 0.4) is 0 Å². The Morgan fingerprint density at radius 2 is 0.500 bits per heavy atom. The van der Waals surface area contributed by atoms with Crippen molar-refractivity contribution in [1.82, 2.24) is 0 Å². The van der Waals surface area contributed by atoms with Gasteiger partial charge >= 0.3 is 120 Å². The fourth-order valence-electron chi connectivity index (χ4n) is 0.516. The van der Waals surface area contributed by atoms with Gasteiger partial charge in [-0.05, 0) is 0 Å². The molecular weight excluding hydrogens is 814 g/mol. The van der Waals surface area contributed by atoms with Gasteiger partial charge in [0.05, 0.1) is 0 Å². The zero-order chi connectivity index (χ0) is 33.7. The molecule has 4 unspecified atom stereocenters. The Balaban J connectivity index is -0.000000101. The van der Waals surface area contributed by atoms with Crippen molar-refractivity contribution in [3.63, 3.8) is 0 Å². The number of hydrogen-bond acceptors (Lipinski definition) is 28. The van der Waals surface area contributed by atoms with E-state index in [0.717, 1.165) is 0 Å². The summed E-state index contributed by atoms with van der Waals surface area (Å²) in [6, 6.07) is 0. The van der Waals surface area contributed by atoms with Crippen molar-refractivity contribution < 1.29 is 175 Å². The molecule has 0 bridgehead atoms. The predicted octanol–water partition coefficient (Wildman–Crippen LogP) is -8.32. The minimum atomic E-state index is -5.33. The average Bonchev–Trinajstić information content (AvgIpc) is 2.62. The second kappa shape index (κ2) is 22.1. The molecule has 0 amide bonds. The van der Waals surface area contributed by atoms with Gasteiger partial charge in [0.25, 0.3) is 0 Å². The minimum absolute atomic E-state index is 0. The molecule has 0 saturated heterocycles. The van der Waals surface area contributed by atoms with E-state index in [1.54, 1.807) is 0 Å². The molecule has 0 aliphatic carbocycles. The summed E-state index contributed by atoms with van der Waals surface area (Å²) in [6.07, 6.45) is 0. The normalized spacial score (nSPS) is 17.4. The Kier molecular flexibility index (Phi) is 29.4. The van der Waals surface area contributed by atoms with Gasteiger partial charge in [0, 0.05) is 0 Å². The maximum atomic E-state index is 9.81. The van der Waals surface area contributed by atoms with Gasteiger partial charge in [0.2, 0.25) is 0 Å². The molecule has 42 heavy (non-hydrogen) atoms. The van der Waals surface area contributed by atoms with Crippen LogP contribution in [0.25, 0.3) is 0 Å². The van der Waals surface area contributed by atoms with Gasteiger partial charge in [0.1, 0.15) is 0 Å². The molecule has 0 aromatic rings. The smallest absolute Gasteiger partial charge is 0.754 e. The van der Waals surface area contributed by atoms with Crippen molar-refractivity contribution in [3.05, 3.63) is 0 Å². The summed E-state index contributed by atoms with van der Waals surface area (Å²) >= 11 is 0. The second-order valence-corrected chi connectivity index (χ2v) is 14.2. The summed E-state index contributed by atoms with van der Waals surface area (Å²) in [5.41, 5.74) is 0. The van der Waals surface area contributed by atoms with Gasteiger partial charge in [-0.1, -0.05) is 0 Å². The average molecular weight is 822 g/mol. The molecule has 248 valence electrons. The summed E-state index contributed by atoms with van der Waals surface area (Å²) < 4.78 is 168. The summed E-state index contributed by atoms with van der Waals surface area (Å²) in [4.78, 5) is 39.2. The molecule has 0 spiro atoms. The Morgan fingerprint density at radius 3 is 0.524 bits per heavy atom. The fraction of sp³-hybridized carbons (Fsp3) is 0. The third-order valence-electron chi connectivity index (χ3n) is 1.14. The predicted molar refractivity (Wildman–Crippen MR) is 102 cm³/mol. The molecule has 32 nitrogen and oxygen atoms in total. The molecule has 8 N–H and O–H groups in total. The van der Waals surface area contributed by atoms with Gasteiger partial charge in [-0.2, -0.15) is 68.2 Å². The Bertz CT molecular complexity index is 1170. The molecular formula is H8AlNaO32P4S4. The molecule has 0 aromatic heterocycles. The Morgan fingerprint density at radius 1 is 0.405 bits per heavy atom. The second-order valence-electron chi connectivity index (χ2n) is 4.12. The maximum absolute atomic E-state index is 9.81. The van der Waals surface area contributed by atoms with E-state index in [4.69, 9.17) is 39.2 Å². The van der Waals surface area contributed by atoms with Crippen LogP contribution in [0.4, 0.5) is 0 Å². The molecule has 0 aliphatic rings. The number of phosphoric acid groups is 4. The summed E-state index contributed by atoms with van der Waals surface area (Å²) in [5, 5.41) is 29.5. The molecule has 0 saturated carbocycles. The van der Waals surface area contributed by atoms with Crippen molar-refractivity contribution in [2.24, 2.45) is 0 Å². The third-order valence-corrected chi connectivity index (χ3v) is 7.88. The van der Waals surface area contributed by atoms with E-state index in [1.807, 2.05) is 0 Å². The van der Waals surface area contributed by atoms with Gasteiger partial charge in [-0.3, -0.25) is 36.5 Å². The largest absolute Gasteiger partial charge is 3.00 e. The van der Waals surface area contributed by atoms with Crippen molar-refractivity contribution in [2.75, 3.05) is 0 Å². The molecule has 4 atom stereocenters. The van der Waals surface area contributed by atoms with Crippen molar-refractivity contribution >= 4 is 90.2 Å². The van der Waals surface area contributed by atoms with Crippen molar-refractivity contribution in [3.8, 4) is 0 Å². The minimum Gasteiger partial charge on any atom is -0.754 e. The van der Waals surface area contributed by atoms with E-state index in [0.29, 0.717) is 0 Å². The number of rotatable bonds is 12. The molecule has 0 heterocycles. The van der Waals surface area contributed by atoms with E-state index in [2.05, 4.69) is 34.6 Å². The zero-order valence-corrected chi connectivity index (χ0v) is 28.4. The van der Waals surface area contributed by atoms with E-state index < -0.39 is 72.9 Å².